The summed E-state index contributed by atoms with van der Waals surface area (Å²) < 4.78 is 7.76. The lowest BCUT2D eigenvalue weighted by Gasteiger charge is -2.09. The monoisotopic (exact) mass is 633 g/mol. The molecule has 10 rings (SSSR count). The van der Waals surface area contributed by atoms with E-state index in [-0.39, 0.29) is 0 Å². The first-order valence-corrected chi connectivity index (χ1v) is 17.6. The van der Waals surface area contributed by atoms with Crippen molar-refractivity contribution in [2.24, 2.45) is 0 Å². The lowest BCUT2D eigenvalue weighted by molar-refractivity contribution is 1.19. The molecule has 220 valence electrons. The van der Waals surface area contributed by atoms with E-state index < -0.39 is 0 Å². The SMILES string of the molecule is c1ccc(-c2ccc3sc4c(-c5cccc(-c6ccc7sc8c9ccccc9n(-c9ccccc9)c8c7c6)c5)cccc4c3c2)cc1. The van der Waals surface area contributed by atoms with E-state index in [4.69, 9.17) is 0 Å². The first-order valence-electron chi connectivity index (χ1n) is 15.9. The molecule has 3 aromatic heterocycles. The molecular weight excluding hydrogens is 607 g/mol. The van der Waals surface area contributed by atoms with Gasteiger partial charge in [0.15, 0.2) is 0 Å². The minimum atomic E-state index is 1.19. The van der Waals surface area contributed by atoms with Crippen molar-refractivity contribution in [3.05, 3.63) is 164 Å². The van der Waals surface area contributed by atoms with Crippen molar-refractivity contribution in [3.63, 3.8) is 0 Å². The number of nitrogens with zero attached hydrogens (tertiary/aromatic N) is 1. The maximum Gasteiger partial charge on any atom is 0.0727 e. The maximum absolute atomic E-state index is 2.44. The highest BCUT2D eigenvalue weighted by Gasteiger charge is 2.18. The molecule has 0 aliphatic heterocycles. The Morgan fingerprint density at radius 2 is 0.957 bits per heavy atom. The quantitative estimate of drug-likeness (QED) is 0.182. The molecule has 0 N–H and O–H groups in total. The van der Waals surface area contributed by atoms with E-state index in [2.05, 4.69) is 168 Å². The normalized spacial score (nSPS) is 11.8. The Hall–Kier alpha value is -5.48. The van der Waals surface area contributed by atoms with Crippen LogP contribution in [0.1, 0.15) is 0 Å². The van der Waals surface area contributed by atoms with Gasteiger partial charge >= 0.3 is 0 Å². The summed E-state index contributed by atoms with van der Waals surface area (Å²) in [5, 5.41) is 5.25. The average Bonchev–Trinajstić information content (AvgIpc) is 3.81. The molecule has 47 heavy (non-hydrogen) atoms. The number of fused-ring (bicyclic) bond motifs is 8. The molecule has 1 nitrogen and oxygen atoms in total. The number of benzene rings is 7. The molecule has 10 aromatic rings. The van der Waals surface area contributed by atoms with Gasteiger partial charge in [0.1, 0.15) is 0 Å². The third-order valence-corrected chi connectivity index (χ3v) is 11.8. The second-order valence-electron chi connectivity index (χ2n) is 12.1. The summed E-state index contributed by atoms with van der Waals surface area (Å²) in [6.45, 7) is 0. The van der Waals surface area contributed by atoms with Gasteiger partial charge in [-0.1, -0.05) is 115 Å². The summed E-state index contributed by atoms with van der Waals surface area (Å²) in [4.78, 5) is 0. The summed E-state index contributed by atoms with van der Waals surface area (Å²) in [6, 6.07) is 59.9. The molecule has 0 unspecified atom stereocenters. The van der Waals surface area contributed by atoms with E-state index in [1.54, 1.807) is 0 Å². The second kappa shape index (κ2) is 10.5. The molecule has 3 heteroatoms. The summed E-state index contributed by atoms with van der Waals surface area (Å²) >= 11 is 3.79. The standard InChI is InChI=1S/C44H27NS2/c1-3-11-28(12-4-1)30-21-23-40-37(26-30)35-19-10-18-34(43(35)46-40)32-14-9-13-29(25-32)31-22-24-41-38(27-31)42-44(47-41)36-17-7-8-20-39(36)45(42)33-15-5-2-6-16-33/h1-27H. The fourth-order valence-electron chi connectivity index (χ4n) is 7.20. The molecule has 3 heterocycles. The average molecular weight is 634 g/mol. The van der Waals surface area contributed by atoms with Gasteiger partial charge in [0.05, 0.1) is 15.7 Å². The van der Waals surface area contributed by atoms with Gasteiger partial charge in [-0.05, 0) is 81.9 Å². The van der Waals surface area contributed by atoms with Crippen molar-refractivity contribution < 1.29 is 0 Å². The lowest BCUT2D eigenvalue weighted by atomic mass is 9.97. The smallest absolute Gasteiger partial charge is 0.0727 e. The van der Waals surface area contributed by atoms with Gasteiger partial charge in [-0.3, -0.25) is 0 Å². The second-order valence-corrected chi connectivity index (χ2v) is 14.2. The van der Waals surface area contributed by atoms with Crippen molar-refractivity contribution in [3.8, 4) is 39.1 Å². The molecule has 0 aliphatic carbocycles. The van der Waals surface area contributed by atoms with Crippen LogP contribution >= 0.6 is 22.7 Å². The number of aromatic nitrogens is 1. The highest BCUT2D eigenvalue weighted by molar-refractivity contribution is 7.27. The fourth-order valence-corrected chi connectivity index (χ4v) is 9.62. The van der Waals surface area contributed by atoms with Gasteiger partial charge < -0.3 is 4.57 Å². The largest absolute Gasteiger partial charge is 0.308 e. The van der Waals surface area contributed by atoms with Gasteiger partial charge in [0, 0.05) is 41.3 Å². The van der Waals surface area contributed by atoms with Crippen LogP contribution in [-0.2, 0) is 0 Å². The van der Waals surface area contributed by atoms with E-state index >= 15 is 0 Å². The molecule has 0 saturated heterocycles. The predicted octanol–water partition coefficient (Wildman–Crippen LogP) is 13.4. The van der Waals surface area contributed by atoms with Crippen LogP contribution in [0.2, 0.25) is 0 Å². The van der Waals surface area contributed by atoms with E-state index in [0.717, 1.165) is 0 Å². The zero-order valence-corrected chi connectivity index (χ0v) is 27.0. The van der Waals surface area contributed by atoms with Crippen molar-refractivity contribution in [2.45, 2.75) is 0 Å². The highest BCUT2D eigenvalue weighted by Crippen LogP contribution is 2.45. The van der Waals surface area contributed by atoms with Gasteiger partial charge in [-0.15, -0.1) is 22.7 Å². The maximum atomic E-state index is 2.44. The lowest BCUT2D eigenvalue weighted by Crippen LogP contribution is -1.92. The number of thiophene rings is 2. The van der Waals surface area contributed by atoms with Gasteiger partial charge in [0.25, 0.3) is 0 Å². The summed E-state index contributed by atoms with van der Waals surface area (Å²) in [7, 11) is 0. The fraction of sp³-hybridized carbons (Fsp3) is 0. The molecule has 0 aliphatic rings. The first-order chi connectivity index (χ1) is 23.3. The Bertz CT molecular complexity index is 2780. The molecule has 0 radical (unpaired) electrons. The minimum absolute atomic E-state index is 1.19. The Morgan fingerprint density at radius 3 is 1.81 bits per heavy atom. The highest BCUT2D eigenvalue weighted by atomic mass is 32.1. The summed E-state index contributed by atoms with van der Waals surface area (Å²) in [6.07, 6.45) is 0. The number of rotatable bonds is 4. The first kappa shape index (κ1) is 26.7. The zero-order valence-electron chi connectivity index (χ0n) is 25.4. The van der Waals surface area contributed by atoms with Crippen LogP contribution in [0, 0.1) is 0 Å². The van der Waals surface area contributed by atoms with E-state index in [0.29, 0.717) is 0 Å². The summed E-state index contributed by atoms with van der Waals surface area (Å²) in [5.74, 6) is 0. The van der Waals surface area contributed by atoms with Crippen molar-refractivity contribution in [1.29, 1.82) is 0 Å². The zero-order chi connectivity index (χ0) is 30.9. The molecule has 0 spiro atoms. The van der Waals surface area contributed by atoms with Crippen LogP contribution in [0.15, 0.2) is 164 Å². The van der Waals surface area contributed by atoms with E-state index in [9.17, 15) is 0 Å². The number of hydrogen-bond acceptors (Lipinski definition) is 2. The van der Waals surface area contributed by atoms with Crippen LogP contribution in [0.25, 0.3) is 90.4 Å². The Kier molecular flexibility index (Phi) is 5.98. The third-order valence-electron chi connectivity index (χ3n) is 9.40. The van der Waals surface area contributed by atoms with Crippen LogP contribution in [0.4, 0.5) is 0 Å². The number of para-hydroxylation sites is 2. The molecule has 0 saturated carbocycles. The van der Waals surface area contributed by atoms with E-state index in [1.807, 2.05) is 22.7 Å². The van der Waals surface area contributed by atoms with Crippen molar-refractivity contribution >= 4 is 74.1 Å². The molecule has 7 aromatic carbocycles. The van der Waals surface area contributed by atoms with Crippen LogP contribution < -0.4 is 0 Å². The topological polar surface area (TPSA) is 4.93 Å². The molecule has 0 bridgehead atoms. The minimum Gasteiger partial charge on any atom is -0.308 e. The van der Waals surface area contributed by atoms with Crippen LogP contribution in [0.5, 0.6) is 0 Å². The van der Waals surface area contributed by atoms with Crippen molar-refractivity contribution in [2.75, 3.05) is 0 Å². The van der Waals surface area contributed by atoms with Gasteiger partial charge in [-0.25, -0.2) is 0 Å². The molecular formula is C44H27NS2. The van der Waals surface area contributed by atoms with Crippen molar-refractivity contribution in [1.82, 2.24) is 4.57 Å². The molecule has 0 amide bonds. The van der Waals surface area contributed by atoms with Crippen LogP contribution in [0.3, 0.4) is 0 Å². The van der Waals surface area contributed by atoms with Gasteiger partial charge in [0.2, 0.25) is 0 Å². The predicted molar refractivity (Wildman–Crippen MR) is 205 cm³/mol. The van der Waals surface area contributed by atoms with Gasteiger partial charge in [-0.2, -0.15) is 0 Å². The Balaban J connectivity index is 1.12. The molecule has 0 fully saturated rings. The molecule has 0 atom stereocenters. The third kappa shape index (κ3) is 4.21. The number of hydrogen-bond donors (Lipinski definition) is 0. The Labute approximate surface area is 280 Å². The van der Waals surface area contributed by atoms with E-state index in [1.165, 1.54) is 90.4 Å². The Morgan fingerprint density at radius 1 is 0.362 bits per heavy atom. The van der Waals surface area contributed by atoms with Crippen LogP contribution in [-0.4, -0.2) is 4.57 Å². The summed E-state index contributed by atoms with van der Waals surface area (Å²) in [5.41, 5.74) is 11.2.